The lowest BCUT2D eigenvalue weighted by molar-refractivity contribution is -0.166. The number of nitrogens with zero attached hydrogens (tertiary/aromatic N) is 1. The normalized spacial score (nSPS) is 13.5. The van der Waals surface area contributed by atoms with Gasteiger partial charge in [0.2, 0.25) is 5.91 Å². The SMILES string of the molecule is CSCC[C@H](NC(=O)OCC1c2ccccc2-c2ccccc21)C(=O)N(CC(=O)O)CC(F)(F)F. The molecular formula is C24H25F3N2O5S. The van der Waals surface area contributed by atoms with E-state index >= 15 is 0 Å². The van der Waals surface area contributed by atoms with Crippen molar-refractivity contribution in [1.29, 1.82) is 0 Å². The number of alkyl halides is 3. The molecule has 7 nitrogen and oxygen atoms in total. The van der Waals surface area contributed by atoms with Crippen LogP contribution in [0.3, 0.4) is 0 Å². The van der Waals surface area contributed by atoms with E-state index in [9.17, 15) is 27.6 Å². The van der Waals surface area contributed by atoms with Crippen molar-refractivity contribution < 1.29 is 37.4 Å². The van der Waals surface area contributed by atoms with Crippen molar-refractivity contribution in [1.82, 2.24) is 10.2 Å². The molecule has 2 aromatic carbocycles. The Balaban J connectivity index is 1.71. The average molecular weight is 511 g/mol. The summed E-state index contributed by atoms with van der Waals surface area (Å²) in [4.78, 5) is 36.6. The van der Waals surface area contributed by atoms with E-state index in [4.69, 9.17) is 9.84 Å². The van der Waals surface area contributed by atoms with E-state index in [1.54, 1.807) is 6.26 Å². The standard InChI is InChI=1S/C24H25F3N2O5S/c1-35-11-10-20(22(32)29(12-21(30)31)14-24(25,26)27)28-23(33)34-13-19-17-8-4-2-6-15(17)16-7-3-5-9-18(16)19/h2-9,19-20H,10-14H2,1H3,(H,28,33)(H,30,31)/t20-/m0/s1. The maximum Gasteiger partial charge on any atom is 0.407 e. The second-order valence-electron chi connectivity index (χ2n) is 8.01. The first-order valence-electron chi connectivity index (χ1n) is 10.8. The fraction of sp³-hybridized carbons (Fsp3) is 0.375. The number of alkyl carbamates (subject to hydrolysis) is 1. The van der Waals surface area contributed by atoms with Crippen LogP contribution in [0.5, 0.6) is 0 Å². The van der Waals surface area contributed by atoms with Crippen LogP contribution in [0.4, 0.5) is 18.0 Å². The van der Waals surface area contributed by atoms with Gasteiger partial charge < -0.3 is 20.1 Å². The molecule has 0 bridgehead atoms. The number of carbonyl (C=O) groups is 3. The van der Waals surface area contributed by atoms with Crippen molar-refractivity contribution in [3.8, 4) is 11.1 Å². The van der Waals surface area contributed by atoms with Gasteiger partial charge in [-0.3, -0.25) is 9.59 Å². The van der Waals surface area contributed by atoms with Crippen LogP contribution >= 0.6 is 11.8 Å². The molecule has 188 valence electrons. The van der Waals surface area contributed by atoms with Crippen LogP contribution in [0.15, 0.2) is 48.5 Å². The molecule has 0 aliphatic heterocycles. The number of amides is 2. The average Bonchev–Trinajstić information content (AvgIpc) is 3.12. The minimum absolute atomic E-state index is 0.0121. The maximum atomic E-state index is 12.9. The van der Waals surface area contributed by atoms with E-state index < -0.39 is 43.3 Å². The Bertz CT molecular complexity index is 1030. The lowest BCUT2D eigenvalue weighted by Gasteiger charge is -2.27. The number of nitrogens with one attached hydrogen (secondary N) is 1. The predicted molar refractivity (Wildman–Crippen MR) is 125 cm³/mol. The number of carboxylic acids is 1. The van der Waals surface area contributed by atoms with E-state index in [0.717, 1.165) is 22.3 Å². The Kier molecular flexibility index (Phi) is 8.66. The topological polar surface area (TPSA) is 95.9 Å². The highest BCUT2D eigenvalue weighted by atomic mass is 32.2. The van der Waals surface area contributed by atoms with E-state index in [1.165, 1.54) is 11.8 Å². The van der Waals surface area contributed by atoms with Gasteiger partial charge in [-0.1, -0.05) is 48.5 Å². The molecule has 0 radical (unpaired) electrons. The van der Waals surface area contributed by atoms with Gasteiger partial charge >= 0.3 is 18.2 Å². The predicted octanol–water partition coefficient (Wildman–Crippen LogP) is 4.12. The van der Waals surface area contributed by atoms with Crippen LogP contribution in [0.2, 0.25) is 0 Å². The fourth-order valence-electron chi connectivity index (χ4n) is 4.09. The summed E-state index contributed by atoms with van der Waals surface area (Å²) in [7, 11) is 0. The second kappa shape index (κ2) is 11.5. The van der Waals surface area contributed by atoms with Crippen molar-refractivity contribution in [2.75, 3.05) is 31.7 Å². The number of hydrogen-bond acceptors (Lipinski definition) is 5. The first-order chi connectivity index (χ1) is 16.6. The van der Waals surface area contributed by atoms with Crippen LogP contribution in [-0.4, -0.2) is 71.9 Å². The number of halogens is 3. The quantitative estimate of drug-likeness (QED) is 0.499. The highest BCUT2D eigenvalue weighted by molar-refractivity contribution is 7.98. The van der Waals surface area contributed by atoms with Gasteiger partial charge in [0, 0.05) is 5.92 Å². The van der Waals surface area contributed by atoms with Gasteiger partial charge in [0.1, 0.15) is 25.7 Å². The molecule has 3 rings (SSSR count). The molecule has 0 unspecified atom stereocenters. The molecule has 0 saturated heterocycles. The zero-order valence-electron chi connectivity index (χ0n) is 18.9. The van der Waals surface area contributed by atoms with Crippen LogP contribution < -0.4 is 5.32 Å². The number of carbonyl (C=O) groups excluding carboxylic acids is 2. The zero-order chi connectivity index (χ0) is 25.6. The van der Waals surface area contributed by atoms with Gasteiger partial charge in [0.25, 0.3) is 0 Å². The van der Waals surface area contributed by atoms with Gasteiger partial charge in [-0.2, -0.15) is 24.9 Å². The molecule has 2 aromatic rings. The molecule has 2 amide bonds. The molecule has 11 heteroatoms. The Morgan fingerprint density at radius 1 is 1.09 bits per heavy atom. The smallest absolute Gasteiger partial charge is 0.407 e. The minimum Gasteiger partial charge on any atom is -0.480 e. The third-order valence-corrected chi connectivity index (χ3v) is 6.20. The number of hydrogen-bond donors (Lipinski definition) is 2. The second-order valence-corrected chi connectivity index (χ2v) is 8.99. The number of rotatable bonds is 10. The van der Waals surface area contributed by atoms with Gasteiger partial charge in [0.05, 0.1) is 0 Å². The number of fused-ring (bicyclic) bond motifs is 3. The molecule has 0 heterocycles. The van der Waals surface area contributed by atoms with Crippen molar-refractivity contribution in [2.24, 2.45) is 0 Å². The third kappa shape index (κ3) is 6.91. The van der Waals surface area contributed by atoms with Crippen LogP contribution in [-0.2, 0) is 14.3 Å². The molecule has 2 N–H and O–H groups in total. The number of carboxylic acid groups (broad SMARTS) is 1. The summed E-state index contributed by atoms with van der Waals surface area (Å²) in [5.41, 5.74) is 4.02. The van der Waals surface area contributed by atoms with Crippen molar-refractivity contribution in [3.05, 3.63) is 59.7 Å². The Morgan fingerprint density at radius 3 is 2.17 bits per heavy atom. The van der Waals surface area contributed by atoms with E-state index in [1.807, 2.05) is 48.5 Å². The van der Waals surface area contributed by atoms with Crippen LogP contribution in [0.25, 0.3) is 11.1 Å². The first kappa shape index (κ1) is 26.4. The lowest BCUT2D eigenvalue weighted by Crippen LogP contribution is -2.52. The van der Waals surface area contributed by atoms with Gasteiger partial charge in [-0.15, -0.1) is 0 Å². The Morgan fingerprint density at radius 2 is 1.66 bits per heavy atom. The number of thioether (sulfide) groups is 1. The molecule has 1 atom stereocenters. The minimum atomic E-state index is -4.79. The highest BCUT2D eigenvalue weighted by Gasteiger charge is 2.37. The molecule has 0 saturated carbocycles. The monoisotopic (exact) mass is 510 g/mol. The summed E-state index contributed by atoms with van der Waals surface area (Å²) >= 11 is 1.33. The third-order valence-electron chi connectivity index (χ3n) is 5.55. The number of ether oxygens (including phenoxy) is 1. The first-order valence-corrected chi connectivity index (χ1v) is 12.2. The molecule has 0 spiro atoms. The van der Waals surface area contributed by atoms with E-state index in [-0.39, 0.29) is 23.8 Å². The number of benzene rings is 2. The Labute approximate surface area is 204 Å². The molecular weight excluding hydrogens is 485 g/mol. The van der Waals surface area contributed by atoms with Gasteiger partial charge in [-0.05, 0) is 40.7 Å². The van der Waals surface area contributed by atoms with Crippen molar-refractivity contribution in [2.45, 2.75) is 24.6 Å². The fourth-order valence-corrected chi connectivity index (χ4v) is 4.56. The molecule has 1 aliphatic carbocycles. The van der Waals surface area contributed by atoms with E-state index in [2.05, 4.69) is 5.32 Å². The van der Waals surface area contributed by atoms with Crippen molar-refractivity contribution >= 4 is 29.7 Å². The summed E-state index contributed by atoms with van der Waals surface area (Å²) in [5.74, 6) is -2.60. The molecule has 0 aromatic heterocycles. The Hall–Kier alpha value is -3.21. The molecule has 1 aliphatic rings. The van der Waals surface area contributed by atoms with Crippen LogP contribution in [0.1, 0.15) is 23.5 Å². The summed E-state index contributed by atoms with van der Waals surface area (Å²) < 4.78 is 44.2. The number of aliphatic carboxylic acids is 1. The summed E-state index contributed by atoms with van der Waals surface area (Å²) in [6.07, 6.45) is -4.01. The zero-order valence-corrected chi connectivity index (χ0v) is 19.7. The molecule has 0 fully saturated rings. The molecule has 35 heavy (non-hydrogen) atoms. The van der Waals surface area contributed by atoms with Crippen LogP contribution in [0, 0.1) is 0 Å². The van der Waals surface area contributed by atoms with Gasteiger partial charge in [0.15, 0.2) is 0 Å². The summed E-state index contributed by atoms with van der Waals surface area (Å²) in [6.45, 7) is -2.91. The lowest BCUT2D eigenvalue weighted by atomic mass is 9.98. The van der Waals surface area contributed by atoms with E-state index in [0.29, 0.717) is 5.75 Å². The highest BCUT2D eigenvalue weighted by Crippen LogP contribution is 2.44. The summed E-state index contributed by atoms with van der Waals surface area (Å²) in [6, 6.07) is 14.1. The largest absolute Gasteiger partial charge is 0.480 e. The van der Waals surface area contributed by atoms with Crippen molar-refractivity contribution in [3.63, 3.8) is 0 Å². The maximum absolute atomic E-state index is 12.9. The van der Waals surface area contributed by atoms with Gasteiger partial charge in [-0.25, -0.2) is 4.79 Å². The summed E-state index contributed by atoms with van der Waals surface area (Å²) in [5, 5.41) is 11.3.